The fourth-order valence-electron chi connectivity index (χ4n) is 2.27. The fourth-order valence-corrected chi connectivity index (χ4v) is 2.27. The van der Waals surface area contributed by atoms with E-state index in [1.807, 2.05) is 13.0 Å². The van der Waals surface area contributed by atoms with E-state index in [9.17, 15) is 4.79 Å². The average Bonchev–Trinajstić information content (AvgIpc) is 2.77. The number of carbonyl (C=O) groups is 1. The number of allylic oxidation sites excluding steroid dienone is 2. The molecule has 0 spiro atoms. The molecule has 0 unspecified atom stereocenters. The van der Waals surface area contributed by atoms with Gasteiger partial charge < -0.3 is 0 Å². The number of hydrogen-bond acceptors (Lipinski definition) is 3. The van der Waals surface area contributed by atoms with Gasteiger partial charge in [0.05, 0.1) is 6.42 Å². The fraction of sp³-hybridized carbons (Fsp3) is 0.615. The van der Waals surface area contributed by atoms with Crippen LogP contribution in [0.3, 0.4) is 0 Å². The van der Waals surface area contributed by atoms with Gasteiger partial charge in [0.2, 0.25) is 0 Å². The van der Waals surface area contributed by atoms with Crippen molar-refractivity contribution < 1.29 is 4.79 Å². The topological polar surface area (TPSA) is 47.8 Å². The Bertz CT molecular complexity index is 412. The first-order valence-electron chi connectivity index (χ1n) is 6.38. The maximum Gasteiger partial charge on any atom is 0.163 e. The van der Waals surface area contributed by atoms with E-state index in [4.69, 9.17) is 0 Å². The molecule has 17 heavy (non-hydrogen) atoms. The molecule has 0 radical (unpaired) electrons. The molecule has 1 aromatic rings. The first-order chi connectivity index (χ1) is 8.29. The molecule has 1 saturated carbocycles. The number of aryl methyl sites for hydroxylation is 1. The van der Waals surface area contributed by atoms with Crippen LogP contribution in [-0.2, 0) is 17.8 Å². The van der Waals surface area contributed by atoms with Gasteiger partial charge in [0.15, 0.2) is 5.78 Å². The first-order valence-corrected chi connectivity index (χ1v) is 6.38. The maximum absolute atomic E-state index is 11.9. The molecule has 0 atom stereocenters. The second kappa shape index (κ2) is 5.75. The van der Waals surface area contributed by atoms with Crippen molar-refractivity contribution in [2.24, 2.45) is 0 Å². The zero-order chi connectivity index (χ0) is 12.1. The van der Waals surface area contributed by atoms with E-state index in [0.717, 1.165) is 25.2 Å². The Balaban J connectivity index is 1.97. The summed E-state index contributed by atoms with van der Waals surface area (Å²) in [6.45, 7) is 2.77. The number of nitrogens with zero attached hydrogens (tertiary/aromatic N) is 3. The molecule has 0 aromatic carbocycles. The molecule has 1 fully saturated rings. The summed E-state index contributed by atoms with van der Waals surface area (Å²) in [5.41, 5.74) is 1.31. The highest BCUT2D eigenvalue weighted by Crippen LogP contribution is 2.22. The summed E-state index contributed by atoms with van der Waals surface area (Å²) in [6.07, 6.45) is 9.65. The minimum atomic E-state index is 0.157. The summed E-state index contributed by atoms with van der Waals surface area (Å²) in [6, 6.07) is 0. The third kappa shape index (κ3) is 3.25. The maximum atomic E-state index is 11.9. The van der Waals surface area contributed by atoms with Gasteiger partial charge in [-0.15, -0.1) is 0 Å². The van der Waals surface area contributed by atoms with Crippen LogP contribution < -0.4 is 0 Å². The minimum Gasteiger partial charge on any atom is -0.294 e. The third-order valence-corrected chi connectivity index (χ3v) is 3.19. The van der Waals surface area contributed by atoms with Crippen molar-refractivity contribution in [2.45, 2.75) is 52.0 Å². The van der Waals surface area contributed by atoms with Crippen molar-refractivity contribution in [3.63, 3.8) is 0 Å². The van der Waals surface area contributed by atoms with Gasteiger partial charge in [-0.3, -0.25) is 4.79 Å². The number of hydrogen-bond donors (Lipinski definition) is 0. The first kappa shape index (κ1) is 12.0. The predicted octanol–water partition coefficient (Wildman–Crippen LogP) is 2.30. The minimum absolute atomic E-state index is 0.157. The SMILES string of the molecule is CCn1ncnc1CC(=O)C=C1CCCCC1. The molecule has 1 aromatic heterocycles. The molecule has 0 saturated heterocycles. The van der Waals surface area contributed by atoms with Gasteiger partial charge >= 0.3 is 0 Å². The summed E-state index contributed by atoms with van der Waals surface area (Å²) in [5, 5.41) is 4.07. The van der Waals surface area contributed by atoms with Crippen LogP contribution in [0.4, 0.5) is 0 Å². The summed E-state index contributed by atoms with van der Waals surface area (Å²) >= 11 is 0. The molecule has 4 heteroatoms. The van der Waals surface area contributed by atoms with Gasteiger partial charge in [-0.1, -0.05) is 12.0 Å². The zero-order valence-corrected chi connectivity index (χ0v) is 10.4. The predicted molar refractivity (Wildman–Crippen MR) is 65.6 cm³/mol. The van der Waals surface area contributed by atoms with Crippen LogP contribution in [-0.4, -0.2) is 20.5 Å². The van der Waals surface area contributed by atoms with Crippen molar-refractivity contribution in [3.8, 4) is 0 Å². The number of aromatic nitrogens is 3. The van der Waals surface area contributed by atoms with Gasteiger partial charge in [-0.05, 0) is 38.7 Å². The van der Waals surface area contributed by atoms with Crippen molar-refractivity contribution >= 4 is 5.78 Å². The van der Waals surface area contributed by atoms with E-state index >= 15 is 0 Å². The van der Waals surface area contributed by atoms with Gasteiger partial charge in [0.1, 0.15) is 12.2 Å². The van der Waals surface area contributed by atoms with E-state index < -0.39 is 0 Å². The Labute approximate surface area is 102 Å². The van der Waals surface area contributed by atoms with Crippen LogP contribution in [0.1, 0.15) is 44.9 Å². The average molecular weight is 233 g/mol. The van der Waals surface area contributed by atoms with Gasteiger partial charge in [-0.25, -0.2) is 9.67 Å². The lowest BCUT2D eigenvalue weighted by atomic mass is 9.94. The largest absolute Gasteiger partial charge is 0.294 e. The smallest absolute Gasteiger partial charge is 0.163 e. The van der Waals surface area contributed by atoms with Crippen molar-refractivity contribution in [1.82, 2.24) is 14.8 Å². The Kier molecular flexibility index (Phi) is 4.07. The second-order valence-electron chi connectivity index (χ2n) is 4.50. The lowest BCUT2D eigenvalue weighted by Gasteiger charge is -2.12. The summed E-state index contributed by atoms with van der Waals surface area (Å²) in [4.78, 5) is 16.0. The molecule has 0 amide bonds. The molecule has 1 aliphatic rings. The van der Waals surface area contributed by atoms with Gasteiger partial charge in [-0.2, -0.15) is 5.10 Å². The van der Waals surface area contributed by atoms with Crippen LogP contribution >= 0.6 is 0 Å². The van der Waals surface area contributed by atoms with E-state index in [1.54, 1.807) is 4.68 Å². The van der Waals surface area contributed by atoms with Gasteiger partial charge in [0.25, 0.3) is 0 Å². The molecular weight excluding hydrogens is 214 g/mol. The molecule has 1 heterocycles. The van der Waals surface area contributed by atoms with E-state index in [-0.39, 0.29) is 5.78 Å². The van der Waals surface area contributed by atoms with Crippen LogP contribution in [0.5, 0.6) is 0 Å². The normalized spacial score (nSPS) is 15.9. The standard InChI is InChI=1S/C13H19N3O/c1-2-16-13(14-10-15-16)9-12(17)8-11-6-4-3-5-7-11/h8,10H,2-7,9H2,1H3. The number of carbonyl (C=O) groups excluding carboxylic acids is 1. The molecule has 0 bridgehead atoms. The van der Waals surface area contributed by atoms with E-state index in [0.29, 0.717) is 6.42 Å². The van der Waals surface area contributed by atoms with Crippen LogP contribution in [0.2, 0.25) is 0 Å². The molecular formula is C13H19N3O. The summed E-state index contributed by atoms with van der Waals surface area (Å²) in [7, 11) is 0. The van der Waals surface area contributed by atoms with Crippen LogP contribution in [0.15, 0.2) is 18.0 Å². The highest BCUT2D eigenvalue weighted by atomic mass is 16.1. The van der Waals surface area contributed by atoms with Crippen molar-refractivity contribution in [3.05, 3.63) is 23.8 Å². The second-order valence-corrected chi connectivity index (χ2v) is 4.50. The molecule has 4 nitrogen and oxygen atoms in total. The molecule has 2 rings (SSSR count). The Morgan fingerprint density at radius 1 is 1.41 bits per heavy atom. The zero-order valence-electron chi connectivity index (χ0n) is 10.4. The summed E-state index contributed by atoms with van der Waals surface area (Å²) < 4.78 is 1.78. The summed E-state index contributed by atoms with van der Waals surface area (Å²) in [5.74, 6) is 0.926. The lowest BCUT2D eigenvalue weighted by molar-refractivity contribution is -0.114. The lowest BCUT2D eigenvalue weighted by Crippen LogP contribution is -2.09. The monoisotopic (exact) mass is 233 g/mol. The van der Waals surface area contributed by atoms with Crippen LogP contribution in [0, 0.1) is 0 Å². The van der Waals surface area contributed by atoms with E-state index in [2.05, 4.69) is 10.1 Å². The third-order valence-electron chi connectivity index (χ3n) is 3.19. The quantitative estimate of drug-likeness (QED) is 0.750. The Morgan fingerprint density at radius 3 is 2.88 bits per heavy atom. The molecule has 0 N–H and O–H groups in total. The molecule has 0 aliphatic heterocycles. The number of rotatable bonds is 4. The number of ketones is 1. The Hall–Kier alpha value is -1.45. The molecule has 1 aliphatic carbocycles. The Morgan fingerprint density at radius 2 is 2.18 bits per heavy atom. The highest BCUT2D eigenvalue weighted by molar-refractivity contribution is 5.91. The van der Waals surface area contributed by atoms with Gasteiger partial charge in [0, 0.05) is 6.54 Å². The highest BCUT2D eigenvalue weighted by Gasteiger charge is 2.10. The molecule has 92 valence electrons. The van der Waals surface area contributed by atoms with Crippen LogP contribution in [0.25, 0.3) is 0 Å². The van der Waals surface area contributed by atoms with Crippen molar-refractivity contribution in [1.29, 1.82) is 0 Å². The van der Waals surface area contributed by atoms with E-state index in [1.165, 1.54) is 31.2 Å². The van der Waals surface area contributed by atoms with Crippen molar-refractivity contribution in [2.75, 3.05) is 0 Å².